The monoisotopic (exact) mass is 426 g/mol. The molecule has 0 bridgehead atoms. The zero-order valence-electron chi connectivity index (χ0n) is 17.7. The Bertz CT molecular complexity index is 1510. The van der Waals surface area contributed by atoms with Crippen LogP contribution >= 0.6 is 9.24 Å². The highest BCUT2D eigenvalue weighted by molar-refractivity contribution is 7.27. The van der Waals surface area contributed by atoms with Gasteiger partial charge in [-0.05, 0) is 54.3 Å². The summed E-state index contributed by atoms with van der Waals surface area (Å²) in [5, 5.41) is 9.01. The normalized spacial score (nSPS) is 11.6. The number of hydrogen-bond acceptors (Lipinski definition) is 0. The molecule has 0 N–H and O–H groups in total. The summed E-state index contributed by atoms with van der Waals surface area (Å²) < 4.78 is 0. The fourth-order valence-corrected chi connectivity index (χ4v) is 5.54. The molecule has 6 rings (SSSR count). The molecule has 6 aromatic rings. The van der Waals surface area contributed by atoms with Crippen LogP contribution in [0.25, 0.3) is 32.3 Å². The van der Waals surface area contributed by atoms with E-state index in [0.717, 1.165) is 0 Å². The lowest BCUT2D eigenvalue weighted by Gasteiger charge is -2.25. The first-order valence-corrected chi connectivity index (χ1v) is 11.6. The van der Waals surface area contributed by atoms with Gasteiger partial charge in [0.1, 0.15) is 0 Å². The summed E-state index contributed by atoms with van der Waals surface area (Å²) in [5.41, 5.74) is 4.06. The lowest BCUT2D eigenvalue weighted by Crippen LogP contribution is -2.13. The van der Waals surface area contributed by atoms with Gasteiger partial charge >= 0.3 is 0 Å². The molecule has 0 aromatic heterocycles. The van der Waals surface area contributed by atoms with Crippen LogP contribution in [-0.2, 0) is 0 Å². The molecule has 0 fully saturated rings. The Hall–Kier alpha value is -3.47. The van der Waals surface area contributed by atoms with Crippen molar-refractivity contribution in [3.05, 3.63) is 138 Å². The molecule has 0 radical (unpaired) electrons. The van der Waals surface area contributed by atoms with Gasteiger partial charge in [-0.1, -0.05) is 121 Å². The second-order valence-corrected chi connectivity index (χ2v) is 8.98. The van der Waals surface area contributed by atoms with Gasteiger partial charge in [-0.15, -0.1) is 9.24 Å². The third-order valence-corrected chi connectivity index (χ3v) is 7.07. The van der Waals surface area contributed by atoms with Gasteiger partial charge in [0.15, 0.2) is 0 Å². The molecule has 0 aliphatic rings. The predicted octanol–water partition coefficient (Wildman–Crippen LogP) is 7.83. The highest BCUT2D eigenvalue weighted by Gasteiger charge is 2.24. The summed E-state index contributed by atoms with van der Waals surface area (Å²) in [5.74, 6) is 0.116. The highest BCUT2D eigenvalue weighted by atomic mass is 31.0. The second kappa shape index (κ2) is 7.90. The fraction of sp³-hybridized carbons (Fsp3) is 0.0323. The van der Waals surface area contributed by atoms with Crippen molar-refractivity contribution in [1.82, 2.24) is 0 Å². The summed E-state index contributed by atoms with van der Waals surface area (Å²) in [6, 6.07) is 44.1. The summed E-state index contributed by atoms with van der Waals surface area (Å²) in [4.78, 5) is 0. The molecular formula is C31H23P. The van der Waals surface area contributed by atoms with Crippen LogP contribution in [0.2, 0.25) is 0 Å². The standard InChI is InChI=1S/C31H23P/c32-29-20-19-23-11-3-6-16-26(23)31(29)30(27-17-7-12-21-9-1-4-14-24(21)27)28-18-8-13-22-10-2-5-15-25(22)28/h1-20,30H,32H2. The minimum Gasteiger partial charge on any atom is -0.105 e. The number of fused-ring (bicyclic) bond motifs is 3. The van der Waals surface area contributed by atoms with Gasteiger partial charge in [0.2, 0.25) is 0 Å². The Balaban J connectivity index is 1.78. The van der Waals surface area contributed by atoms with E-state index in [-0.39, 0.29) is 5.92 Å². The predicted molar refractivity (Wildman–Crippen MR) is 142 cm³/mol. The van der Waals surface area contributed by atoms with E-state index in [4.69, 9.17) is 0 Å². The molecule has 0 aliphatic carbocycles. The van der Waals surface area contributed by atoms with Crippen LogP contribution in [-0.4, -0.2) is 0 Å². The SMILES string of the molecule is Pc1ccc2ccccc2c1C(c1cccc2ccccc12)c1cccc2ccccc12. The summed E-state index contributed by atoms with van der Waals surface area (Å²) in [6.45, 7) is 0. The minimum absolute atomic E-state index is 0.116. The van der Waals surface area contributed by atoms with E-state index in [1.165, 1.54) is 54.3 Å². The lowest BCUT2D eigenvalue weighted by atomic mass is 9.79. The van der Waals surface area contributed by atoms with Gasteiger partial charge < -0.3 is 0 Å². The molecule has 6 aromatic carbocycles. The van der Waals surface area contributed by atoms with Crippen LogP contribution in [0, 0.1) is 0 Å². The van der Waals surface area contributed by atoms with Crippen molar-refractivity contribution in [2.24, 2.45) is 0 Å². The average Bonchev–Trinajstić information content (AvgIpc) is 2.86. The maximum absolute atomic E-state index is 3.00. The van der Waals surface area contributed by atoms with Crippen LogP contribution in [0.15, 0.2) is 121 Å². The zero-order chi connectivity index (χ0) is 21.5. The van der Waals surface area contributed by atoms with Crippen molar-refractivity contribution in [1.29, 1.82) is 0 Å². The molecule has 0 aliphatic heterocycles. The molecule has 152 valence electrons. The summed E-state index contributed by atoms with van der Waals surface area (Å²) >= 11 is 0. The topological polar surface area (TPSA) is 0 Å². The van der Waals surface area contributed by atoms with Crippen LogP contribution in [0.5, 0.6) is 0 Å². The van der Waals surface area contributed by atoms with Crippen molar-refractivity contribution >= 4 is 46.9 Å². The minimum atomic E-state index is 0.116. The van der Waals surface area contributed by atoms with Crippen LogP contribution in [0.1, 0.15) is 22.6 Å². The largest absolute Gasteiger partial charge is 0.105 e. The lowest BCUT2D eigenvalue weighted by molar-refractivity contribution is 1.02. The van der Waals surface area contributed by atoms with Gasteiger partial charge in [-0.25, -0.2) is 0 Å². The number of rotatable bonds is 3. The van der Waals surface area contributed by atoms with E-state index >= 15 is 0 Å². The Kier molecular flexibility index (Phi) is 4.75. The van der Waals surface area contributed by atoms with Crippen molar-refractivity contribution < 1.29 is 0 Å². The van der Waals surface area contributed by atoms with E-state index in [9.17, 15) is 0 Å². The Morgan fingerprint density at radius 1 is 0.406 bits per heavy atom. The van der Waals surface area contributed by atoms with Crippen LogP contribution in [0.4, 0.5) is 0 Å². The molecule has 0 amide bonds. The van der Waals surface area contributed by atoms with Crippen molar-refractivity contribution in [3.8, 4) is 0 Å². The maximum Gasteiger partial charge on any atom is 0.0364 e. The first kappa shape index (κ1) is 19.2. The number of hydrogen-bond donors (Lipinski definition) is 0. The third-order valence-electron chi connectivity index (χ3n) is 6.56. The Morgan fingerprint density at radius 2 is 0.844 bits per heavy atom. The average molecular weight is 426 g/mol. The van der Waals surface area contributed by atoms with Crippen LogP contribution in [0.3, 0.4) is 0 Å². The summed E-state index contributed by atoms with van der Waals surface area (Å²) in [7, 11) is 3.00. The molecule has 1 atom stereocenters. The molecule has 1 heteroatoms. The van der Waals surface area contributed by atoms with Gasteiger partial charge in [0.05, 0.1) is 0 Å². The Labute approximate surface area is 190 Å². The van der Waals surface area contributed by atoms with E-state index < -0.39 is 0 Å². The fourth-order valence-electron chi connectivity index (χ4n) is 5.12. The van der Waals surface area contributed by atoms with E-state index in [2.05, 4.69) is 131 Å². The zero-order valence-corrected chi connectivity index (χ0v) is 18.9. The van der Waals surface area contributed by atoms with Gasteiger partial charge in [0, 0.05) is 5.92 Å². The first-order chi connectivity index (χ1) is 15.8. The molecule has 0 nitrogen and oxygen atoms in total. The van der Waals surface area contributed by atoms with Crippen molar-refractivity contribution in [2.45, 2.75) is 5.92 Å². The second-order valence-electron chi connectivity index (χ2n) is 8.36. The third kappa shape index (κ3) is 3.11. The molecule has 0 heterocycles. The van der Waals surface area contributed by atoms with Gasteiger partial charge in [-0.2, -0.15) is 0 Å². The molecule has 0 saturated carbocycles. The van der Waals surface area contributed by atoms with Crippen molar-refractivity contribution in [3.63, 3.8) is 0 Å². The molecule has 32 heavy (non-hydrogen) atoms. The van der Waals surface area contributed by atoms with E-state index in [1.807, 2.05) is 0 Å². The first-order valence-electron chi connectivity index (χ1n) is 11.0. The quantitative estimate of drug-likeness (QED) is 0.200. The smallest absolute Gasteiger partial charge is 0.0364 e. The molecule has 0 spiro atoms. The highest BCUT2D eigenvalue weighted by Crippen LogP contribution is 2.41. The molecular weight excluding hydrogens is 403 g/mol. The maximum atomic E-state index is 3.00. The molecule has 0 saturated heterocycles. The Morgan fingerprint density at radius 3 is 1.41 bits per heavy atom. The van der Waals surface area contributed by atoms with Gasteiger partial charge in [-0.3, -0.25) is 0 Å². The molecule has 1 unspecified atom stereocenters. The van der Waals surface area contributed by atoms with Crippen molar-refractivity contribution in [2.75, 3.05) is 0 Å². The summed E-state index contributed by atoms with van der Waals surface area (Å²) in [6.07, 6.45) is 0. The van der Waals surface area contributed by atoms with Crippen LogP contribution < -0.4 is 5.30 Å². The van der Waals surface area contributed by atoms with E-state index in [0.29, 0.717) is 0 Å². The van der Waals surface area contributed by atoms with Gasteiger partial charge in [0.25, 0.3) is 0 Å². The number of benzene rings is 6. The van der Waals surface area contributed by atoms with E-state index in [1.54, 1.807) is 0 Å².